The summed E-state index contributed by atoms with van der Waals surface area (Å²) in [6.07, 6.45) is 2.69. The topological polar surface area (TPSA) is 55.2 Å². The van der Waals surface area contributed by atoms with Gasteiger partial charge in [-0.2, -0.15) is 14.9 Å². The van der Waals surface area contributed by atoms with Crippen LogP contribution in [0.15, 0.2) is 59.7 Å². The number of para-hydroxylation sites is 1. The van der Waals surface area contributed by atoms with Crippen molar-refractivity contribution in [1.29, 1.82) is 0 Å². The van der Waals surface area contributed by atoms with E-state index in [1.54, 1.807) is 10.9 Å². The Labute approximate surface area is 145 Å². The molecule has 0 aliphatic heterocycles. The molecule has 0 radical (unpaired) electrons. The molecule has 2 aromatic carbocycles. The molecule has 5 nitrogen and oxygen atoms in total. The normalized spacial score (nSPS) is 11.0. The zero-order valence-corrected chi connectivity index (χ0v) is 14.2. The maximum absolute atomic E-state index is 5.75. The van der Waals surface area contributed by atoms with E-state index in [9.17, 15) is 0 Å². The molecule has 3 aromatic rings. The van der Waals surface area contributed by atoms with E-state index in [0.29, 0.717) is 17.2 Å². The van der Waals surface area contributed by atoms with Crippen LogP contribution in [-0.4, -0.2) is 27.7 Å². The van der Waals surface area contributed by atoms with Crippen molar-refractivity contribution in [3.8, 4) is 17.1 Å². The third-order valence-corrected chi connectivity index (χ3v) is 3.64. The first kappa shape index (κ1) is 16.1. The fourth-order valence-electron chi connectivity index (χ4n) is 2.22. The van der Waals surface area contributed by atoms with E-state index in [2.05, 4.69) is 22.2 Å². The standard InChI is InChI=1S/C18H18N4OS/c1-2-12-23-16-11-7-6-10-15(16)13-19-22-17(20-21-18(22)24)14-8-4-3-5-9-14/h3-11,13H,2,12H2,1H3,(H,21,24)/b19-13-. The van der Waals surface area contributed by atoms with Crippen molar-refractivity contribution in [2.75, 3.05) is 6.61 Å². The van der Waals surface area contributed by atoms with Crippen LogP contribution in [0.4, 0.5) is 0 Å². The van der Waals surface area contributed by atoms with Gasteiger partial charge in [-0.3, -0.25) is 0 Å². The molecule has 1 heterocycles. The second kappa shape index (κ2) is 7.70. The molecule has 0 aliphatic carbocycles. The van der Waals surface area contributed by atoms with Crippen molar-refractivity contribution >= 4 is 18.4 Å². The van der Waals surface area contributed by atoms with Gasteiger partial charge < -0.3 is 4.74 Å². The first-order chi connectivity index (χ1) is 11.8. The molecule has 1 N–H and O–H groups in total. The number of nitrogens with zero attached hydrogens (tertiary/aromatic N) is 3. The van der Waals surface area contributed by atoms with E-state index in [1.807, 2.05) is 54.6 Å². The second-order valence-electron chi connectivity index (χ2n) is 5.16. The largest absolute Gasteiger partial charge is 0.493 e. The predicted molar refractivity (Wildman–Crippen MR) is 98.1 cm³/mol. The SMILES string of the molecule is CCCOc1ccccc1/C=N\n1c(-c2ccccc2)n[nH]c1=S. The zero-order chi connectivity index (χ0) is 16.8. The Morgan fingerprint density at radius 2 is 1.92 bits per heavy atom. The molecular weight excluding hydrogens is 320 g/mol. The first-order valence-corrected chi connectivity index (χ1v) is 8.19. The molecule has 0 saturated heterocycles. The average molecular weight is 338 g/mol. The number of ether oxygens (including phenoxy) is 1. The van der Waals surface area contributed by atoms with Crippen molar-refractivity contribution in [2.24, 2.45) is 5.10 Å². The van der Waals surface area contributed by atoms with Gasteiger partial charge in [-0.05, 0) is 30.8 Å². The van der Waals surface area contributed by atoms with Crippen LogP contribution in [0.1, 0.15) is 18.9 Å². The summed E-state index contributed by atoms with van der Waals surface area (Å²) >= 11 is 5.29. The molecule has 0 fully saturated rings. The van der Waals surface area contributed by atoms with E-state index in [-0.39, 0.29) is 0 Å². The maximum atomic E-state index is 5.75. The summed E-state index contributed by atoms with van der Waals surface area (Å²) in [4.78, 5) is 0. The number of aromatic nitrogens is 3. The van der Waals surface area contributed by atoms with E-state index in [0.717, 1.165) is 23.3 Å². The molecule has 0 bridgehead atoms. The Morgan fingerprint density at radius 1 is 1.17 bits per heavy atom. The molecule has 24 heavy (non-hydrogen) atoms. The van der Waals surface area contributed by atoms with E-state index in [1.165, 1.54) is 0 Å². The number of nitrogens with one attached hydrogen (secondary N) is 1. The molecule has 1 aromatic heterocycles. The maximum Gasteiger partial charge on any atom is 0.216 e. The van der Waals surface area contributed by atoms with E-state index in [4.69, 9.17) is 17.0 Å². The van der Waals surface area contributed by atoms with E-state index < -0.39 is 0 Å². The molecule has 3 rings (SSSR count). The summed E-state index contributed by atoms with van der Waals surface area (Å²) in [5, 5.41) is 11.6. The fraction of sp³-hybridized carbons (Fsp3) is 0.167. The highest BCUT2D eigenvalue weighted by molar-refractivity contribution is 7.71. The molecule has 0 saturated carbocycles. The van der Waals surface area contributed by atoms with Crippen molar-refractivity contribution in [2.45, 2.75) is 13.3 Å². The third-order valence-electron chi connectivity index (χ3n) is 3.38. The monoisotopic (exact) mass is 338 g/mol. The lowest BCUT2D eigenvalue weighted by atomic mass is 10.2. The highest BCUT2D eigenvalue weighted by Crippen LogP contribution is 2.18. The summed E-state index contributed by atoms with van der Waals surface area (Å²) in [5.74, 6) is 1.48. The smallest absolute Gasteiger partial charge is 0.216 e. The predicted octanol–water partition coefficient (Wildman–Crippen LogP) is 4.28. The molecule has 122 valence electrons. The Morgan fingerprint density at radius 3 is 2.71 bits per heavy atom. The van der Waals surface area contributed by atoms with Gasteiger partial charge in [0.1, 0.15) is 5.75 Å². The molecule has 0 atom stereocenters. The Kier molecular flexibility index (Phi) is 5.18. The van der Waals surface area contributed by atoms with Gasteiger partial charge >= 0.3 is 0 Å². The zero-order valence-electron chi connectivity index (χ0n) is 13.3. The minimum Gasteiger partial charge on any atom is -0.493 e. The molecule has 0 spiro atoms. The van der Waals surface area contributed by atoms with Gasteiger partial charge in [-0.25, -0.2) is 5.10 Å². The van der Waals surface area contributed by atoms with Gasteiger partial charge in [0.15, 0.2) is 5.82 Å². The summed E-state index contributed by atoms with van der Waals surface area (Å²) in [7, 11) is 0. The molecule has 0 amide bonds. The van der Waals surface area contributed by atoms with Crippen molar-refractivity contribution in [3.05, 3.63) is 64.9 Å². The van der Waals surface area contributed by atoms with Gasteiger partial charge in [-0.1, -0.05) is 49.4 Å². The summed E-state index contributed by atoms with van der Waals surface area (Å²) in [5.41, 5.74) is 1.84. The van der Waals surface area contributed by atoms with Crippen LogP contribution in [0, 0.1) is 4.77 Å². The number of hydrogen-bond acceptors (Lipinski definition) is 4. The number of hydrogen-bond donors (Lipinski definition) is 1. The van der Waals surface area contributed by atoms with E-state index >= 15 is 0 Å². The van der Waals surface area contributed by atoms with Crippen LogP contribution in [0.5, 0.6) is 5.75 Å². The lowest BCUT2D eigenvalue weighted by molar-refractivity contribution is 0.317. The van der Waals surface area contributed by atoms with Crippen LogP contribution < -0.4 is 4.74 Å². The highest BCUT2D eigenvalue weighted by atomic mass is 32.1. The fourth-order valence-corrected chi connectivity index (χ4v) is 2.40. The number of aromatic amines is 1. The molecule has 0 aliphatic rings. The molecular formula is C18H18N4OS. The van der Waals surface area contributed by atoms with Gasteiger partial charge in [0.25, 0.3) is 0 Å². The van der Waals surface area contributed by atoms with Crippen molar-refractivity contribution in [1.82, 2.24) is 14.9 Å². The highest BCUT2D eigenvalue weighted by Gasteiger charge is 2.07. The minimum absolute atomic E-state index is 0.442. The Bertz CT molecular complexity index is 883. The average Bonchev–Trinajstić information content (AvgIpc) is 3.00. The number of benzene rings is 2. The van der Waals surface area contributed by atoms with Gasteiger partial charge in [-0.15, -0.1) is 0 Å². The summed E-state index contributed by atoms with van der Waals surface area (Å²) < 4.78 is 7.81. The van der Waals surface area contributed by atoms with Crippen LogP contribution in [0.25, 0.3) is 11.4 Å². The third kappa shape index (κ3) is 3.60. The number of rotatable bonds is 6. The Balaban J connectivity index is 1.94. The van der Waals surface area contributed by atoms with Gasteiger partial charge in [0.2, 0.25) is 4.77 Å². The quantitative estimate of drug-likeness (QED) is 0.539. The minimum atomic E-state index is 0.442. The van der Waals surface area contributed by atoms with Gasteiger partial charge in [0.05, 0.1) is 12.8 Å². The molecule has 6 heteroatoms. The first-order valence-electron chi connectivity index (χ1n) is 7.78. The van der Waals surface area contributed by atoms with Crippen LogP contribution >= 0.6 is 12.2 Å². The summed E-state index contributed by atoms with van der Waals surface area (Å²) in [6.45, 7) is 2.75. The lowest BCUT2D eigenvalue weighted by Gasteiger charge is -2.07. The van der Waals surface area contributed by atoms with Crippen LogP contribution in [0.3, 0.4) is 0 Å². The second-order valence-corrected chi connectivity index (χ2v) is 5.55. The molecule has 0 unspecified atom stereocenters. The van der Waals surface area contributed by atoms with Crippen LogP contribution in [-0.2, 0) is 0 Å². The summed E-state index contributed by atoms with van der Waals surface area (Å²) in [6, 6.07) is 17.6. The Hall–Kier alpha value is -2.73. The van der Waals surface area contributed by atoms with Crippen molar-refractivity contribution in [3.63, 3.8) is 0 Å². The van der Waals surface area contributed by atoms with Crippen LogP contribution in [0.2, 0.25) is 0 Å². The lowest BCUT2D eigenvalue weighted by Crippen LogP contribution is -2.00. The van der Waals surface area contributed by atoms with Crippen molar-refractivity contribution < 1.29 is 4.74 Å². The van der Waals surface area contributed by atoms with Gasteiger partial charge in [0, 0.05) is 11.1 Å². The number of H-pyrrole nitrogens is 1.